The zero-order valence-electron chi connectivity index (χ0n) is 14.7. The van der Waals surface area contributed by atoms with Gasteiger partial charge in [0.1, 0.15) is 6.61 Å². The van der Waals surface area contributed by atoms with Gasteiger partial charge in [0.2, 0.25) is 0 Å². The van der Waals surface area contributed by atoms with Gasteiger partial charge in [-0.1, -0.05) is 18.2 Å². The molecule has 0 fully saturated rings. The third kappa shape index (κ3) is 4.23. The quantitative estimate of drug-likeness (QED) is 0.781. The molecule has 1 aliphatic rings. The maximum Gasteiger partial charge on any atom is 0.165 e. The van der Waals surface area contributed by atoms with Crippen LogP contribution in [0.5, 0.6) is 17.2 Å². The van der Waals surface area contributed by atoms with Crippen LogP contribution in [0.15, 0.2) is 36.4 Å². The van der Waals surface area contributed by atoms with Gasteiger partial charge in [-0.25, -0.2) is 4.39 Å². The second-order valence-corrected chi connectivity index (χ2v) is 6.19. The highest BCUT2D eigenvalue weighted by Crippen LogP contribution is 2.34. The first-order chi connectivity index (χ1) is 12.2. The molecule has 0 radical (unpaired) electrons. The number of hydrogen-bond donors (Lipinski definition) is 1. The van der Waals surface area contributed by atoms with Crippen molar-refractivity contribution in [3.05, 3.63) is 53.3 Å². The highest BCUT2D eigenvalue weighted by atomic mass is 19.1. The van der Waals surface area contributed by atoms with Crippen LogP contribution in [-0.4, -0.2) is 33.4 Å². The lowest BCUT2D eigenvalue weighted by molar-refractivity contribution is 0.227. The van der Waals surface area contributed by atoms with Gasteiger partial charge in [-0.2, -0.15) is 0 Å². The number of ether oxygens (including phenoxy) is 3. The minimum atomic E-state index is -0.306. The Bertz CT molecular complexity index is 720. The Kier molecular flexibility index (Phi) is 5.76. The average Bonchev–Trinajstić information content (AvgIpc) is 2.64. The Hall–Kier alpha value is -2.27. The topological polar surface area (TPSA) is 39.7 Å². The fourth-order valence-corrected chi connectivity index (χ4v) is 3.15. The van der Waals surface area contributed by atoms with Crippen molar-refractivity contribution < 1.29 is 18.6 Å². The van der Waals surface area contributed by atoms with Gasteiger partial charge in [0, 0.05) is 6.04 Å². The van der Waals surface area contributed by atoms with Crippen molar-refractivity contribution in [2.24, 2.45) is 0 Å². The molecule has 134 valence electrons. The normalized spacial score (nSPS) is 16.0. The van der Waals surface area contributed by atoms with Crippen molar-refractivity contribution in [3.63, 3.8) is 0 Å². The van der Waals surface area contributed by atoms with Crippen LogP contribution in [0.2, 0.25) is 0 Å². The standard InChI is InChI=1S/C20H24FNO3/c1-23-18-9-8-14(11-17(18)21)5-4-10-22-16-12-15-6-3-7-19(24-2)20(15)25-13-16/h3,6-9,11,16,22H,4-5,10,12-13H2,1-2H3/t16-/m0/s1. The second-order valence-electron chi connectivity index (χ2n) is 6.19. The number of methoxy groups -OCH3 is 2. The molecule has 4 nitrogen and oxygen atoms in total. The molecule has 2 aromatic carbocycles. The molecule has 0 aromatic heterocycles. The van der Waals surface area contributed by atoms with E-state index in [1.165, 1.54) is 12.7 Å². The predicted octanol–water partition coefficient (Wildman–Crippen LogP) is 3.37. The number of nitrogens with one attached hydrogen (secondary N) is 1. The molecule has 1 aliphatic heterocycles. The minimum Gasteiger partial charge on any atom is -0.494 e. The van der Waals surface area contributed by atoms with E-state index in [4.69, 9.17) is 14.2 Å². The summed E-state index contributed by atoms with van der Waals surface area (Å²) in [7, 11) is 3.13. The molecule has 0 bridgehead atoms. The first-order valence-electron chi connectivity index (χ1n) is 8.55. The van der Waals surface area contributed by atoms with Crippen molar-refractivity contribution in [1.29, 1.82) is 0 Å². The number of fused-ring (bicyclic) bond motifs is 1. The van der Waals surface area contributed by atoms with Crippen molar-refractivity contribution in [1.82, 2.24) is 5.32 Å². The van der Waals surface area contributed by atoms with E-state index in [0.717, 1.165) is 42.9 Å². The average molecular weight is 345 g/mol. The number of aryl methyl sites for hydroxylation is 1. The van der Waals surface area contributed by atoms with E-state index in [-0.39, 0.29) is 17.6 Å². The summed E-state index contributed by atoms with van der Waals surface area (Å²) >= 11 is 0. The molecule has 5 heteroatoms. The van der Waals surface area contributed by atoms with Crippen LogP contribution >= 0.6 is 0 Å². The molecule has 0 amide bonds. The van der Waals surface area contributed by atoms with Gasteiger partial charge in [-0.3, -0.25) is 0 Å². The summed E-state index contributed by atoms with van der Waals surface area (Å²) in [6.07, 6.45) is 2.68. The second kappa shape index (κ2) is 8.21. The van der Waals surface area contributed by atoms with Crippen LogP contribution in [0.4, 0.5) is 4.39 Å². The molecule has 0 saturated heterocycles. The zero-order chi connectivity index (χ0) is 17.6. The molecular weight excluding hydrogens is 321 g/mol. The lowest BCUT2D eigenvalue weighted by Crippen LogP contribution is -2.39. The highest BCUT2D eigenvalue weighted by molar-refractivity contribution is 5.48. The Balaban J connectivity index is 1.46. The number of hydrogen-bond acceptors (Lipinski definition) is 4. The Morgan fingerprint density at radius 1 is 1.16 bits per heavy atom. The van der Waals surface area contributed by atoms with Crippen LogP contribution in [0.25, 0.3) is 0 Å². The van der Waals surface area contributed by atoms with Gasteiger partial charge < -0.3 is 19.5 Å². The van der Waals surface area contributed by atoms with Gasteiger partial charge in [0.25, 0.3) is 0 Å². The first kappa shape index (κ1) is 17.5. The van der Waals surface area contributed by atoms with E-state index >= 15 is 0 Å². The Labute approximate surface area is 147 Å². The summed E-state index contributed by atoms with van der Waals surface area (Å²) in [5, 5.41) is 3.52. The van der Waals surface area contributed by atoms with E-state index in [9.17, 15) is 4.39 Å². The molecule has 0 saturated carbocycles. The molecule has 2 aromatic rings. The number of halogens is 1. The van der Waals surface area contributed by atoms with E-state index in [1.807, 2.05) is 18.2 Å². The number of para-hydroxylation sites is 1. The SMILES string of the molecule is COc1ccc(CCCN[C@@H]2COc3c(cccc3OC)C2)cc1F. The summed E-state index contributed by atoms with van der Waals surface area (Å²) in [6, 6.07) is 11.4. The summed E-state index contributed by atoms with van der Waals surface area (Å²) in [5.74, 6) is 1.63. The molecule has 25 heavy (non-hydrogen) atoms. The fraction of sp³-hybridized carbons (Fsp3) is 0.400. The maximum atomic E-state index is 13.7. The Morgan fingerprint density at radius 3 is 2.76 bits per heavy atom. The Morgan fingerprint density at radius 2 is 2.00 bits per heavy atom. The van der Waals surface area contributed by atoms with E-state index in [2.05, 4.69) is 11.4 Å². The zero-order valence-corrected chi connectivity index (χ0v) is 14.7. The van der Waals surface area contributed by atoms with Crippen LogP contribution in [-0.2, 0) is 12.8 Å². The monoisotopic (exact) mass is 345 g/mol. The van der Waals surface area contributed by atoms with Crippen molar-refractivity contribution in [2.75, 3.05) is 27.4 Å². The third-order valence-electron chi connectivity index (χ3n) is 4.47. The van der Waals surface area contributed by atoms with Crippen LogP contribution in [0, 0.1) is 5.82 Å². The molecule has 0 unspecified atom stereocenters. The minimum absolute atomic E-state index is 0.284. The molecule has 1 atom stereocenters. The smallest absolute Gasteiger partial charge is 0.165 e. The van der Waals surface area contributed by atoms with Crippen LogP contribution in [0.3, 0.4) is 0 Å². The molecule has 3 rings (SSSR count). The number of benzene rings is 2. The molecule has 0 aliphatic carbocycles. The summed E-state index contributed by atoms with van der Waals surface area (Å²) in [4.78, 5) is 0. The maximum absolute atomic E-state index is 13.7. The van der Waals surface area contributed by atoms with Gasteiger partial charge >= 0.3 is 0 Å². The van der Waals surface area contributed by atoms with Crippen molar-refractivity contribution in [3.8, 4) is 17.2 Å². The van der Waals surface area contributed by atoms with Crippen molar-refractivity contribution >= 4 is 0 Å². The van der Waals surface area contributed by atoms with Crippen LogP contribution in [0.1, 0.15) is 17.5 Å². The largest absolute Gasteiger partial charge is 0.494 e. The van der Waals surface area contributed by atoms with Gasteiger partial charge in [0.15, 0.2) is 23.1 Å². The van der Waals surface area contributed by atoms with Gasteiger partial charge in [-0.05, 0) is 55.1 Å². The predicted molar refractivity (Wildman–Crippen MR) is 95.3 cm³/mol. The van der Waals surface area contributed by atoms with Crippen LogP contribution < -0.4 is 19.5 Å². The van der Waals surface area contributed by atoms with E-state index < -0.39 is 0 Å². The number of rotatable bonds is 7. The first-order valence-corrected chi connectivity index (χ1v) is 8.55. The lowest BCUT2D eigenvalue weighted by Gasteiger charge is -2.27. The molecule has 1 heterocycles. The summed E-state index contributed by atoms with van der Waals surface area (Å²) in [5.41, 5.74) is 2.15. The fourth-order valence-electron chi connectivity index (χ4n) is 3.15. The van der Waals surface area contributed by atoms with Crippen molar-refractivity contribution in [2.45, 2.75) is 25.3 Å². The summed E-state index contributed by atoms with van der Waals surface area (Å²) < 4.78 is 29.8. The molecule has 1 N–H and O–H groups in total. The van der Waals surface area contributed by atoms with Gasteiger partial charge in [-0.15, -0.1) is 0 Å². The lowest BCUT2D eigenvalue weighted by atomic mass is 10.0. The van der Waals surface area contributed by atoms with Gasteiger partial charge in [0.05, 0.1) is 14.2 Å². The van der Waals surface area contributed by atoms with E-state index in [0.29, 0.717) is 6.61 Å². The summed E-state index contributed by atoms with van der Waals surface area (Å²) in [6.45, 7) is 1.49. The van der Waals surface area contributed by atoms with E-state index in [1.54, 1.807) is 19.2 Å². The molecular formula is C20H24FNO3. The highest BCUT2D eigenvalue weighted by Gasteiger charge is 2.21. The molecule has 0 spiro atoms. The third-order valence-corrected chi connectivity index (χ3v) is 4.47.